The molecule has 0 aliphatic carbocycles. The summed E-state index contributed by atoms with van der Waals surface area (Å²) in [6.07, 6.45) is 1.57. The second-order valence-corrected chi connectivity index (χ2v) is 5.51. The monoisotopic (exact) mass is 307 g/mol. The fourth-order valence-corrected chi connectivity index (χ4v) is 2.69. The van der Waals surface area contributed by atoms with E-state index in [9.17, 15) is 9.90 Å². The first-order valence-corrected chi connectivity index (χ1v) is 7.30. The van der Waals surface area contributed by atoms with E-state index in [0.717, 1.165) is 16.8 Å². The largest absolute Gasteiger partial charge is 0.478 e. The van der Waals surface area contributed by atoms with Gasteiger partial charge in [0.25, 0.3) is 0 Å². The summed E-state index contributed by atoms with van der Waals surface area (Å²) in [7, 11) is 0. The highest BCUT2D eigenvalue weighted by Crippen LogP contribution is 2.34. The van der Waals surface area contributed by atoms with Gasteiger partial charge in [-0.1, -0.05) is 12.1 Å². The molecule has 2 aromatic carbocycles. The Bertz CT molecular complexity index is 831. The first-order chi connectivity index (χ1) is 11.0. The third-order valence-electron chi connectivity index (χ3n) is 3.57. The van der Waals surface area contributed by atoms with Crippen LogP contribution in [0.4, 0.5) is 11.4 Å². The van der Waals surface area contributed by atoms with Crippen LogP contribution in [0.3, 0.4) is 0 Å². The summed E-state index contributed by atoms with van der Waals surface area (Å²) in [5, 5.41) is 12.8. The standard InChI is InChI=1S/C19H17NO3/c1-12-9-13(2)11-14(10-12)20-18-15(17-7-4-8-23-17)5-3-6-16(18)19(21)22/h3-11,20H,1-2H3,(H,21,22). The molecule has 3 rings (SSSR count). The number of anilines is 2. The van der Waals surface area contributed by atoms with Crippen LogP contribution in [0.15, 0.2) is 59.2 Å². The molecule has 1 heterocycles. The molecule has 0 aliphatic rings. The molecule has 1 aromatic heterocycles. The van der Waals surface area contributed by atoms with Crippen LogP contribution in [0.5, 0.6) is 0 Å². The smallest absolute Gasteiger partial charge is 0.337 e. The van der Waals surface area contributed by atoms with Crippen molar-refractivity contribution in [3.8, 4) is 11.3 Å². The molecular formula is C19H17NO3. The van der Waals surface area contributed by atoms with Crippen LogP contribution in [0.2, 0.25) is 0 Å². The van der Waals surface area contributed by atoms with Crippen molar-refractivity contribution in [3.05, 3.63) is 71.5 Å². The zero-order valence-electron chi connectivity index (χ0n) is 13.0. The molecule has 0 amide bonds. The molecule has 2 N–H and O–H groups in total. The van der Waals surface area contributed by atoms with Gasteiger partial charge in [-0.25, -0.2) is 4.79 Å². The lowest BCUT2D eigenvalue weighted by Crippen LogP contribution is -2.04. The van der Waals surface area contributed by atoms with Crippen LogP contribution in [0.1, 0.15) is 21.5 Å². The van der Waals surface area contributed by atoms with Crippen molar-refractivity contribution in [1.82, 2.24) is 0 Å². The number of carboxylic acids is 1. The maximum Gasteiger partial charge on any atom is 0.337 e. The van der Waals surface area contributed by atoms with Gasteiger partial charge in [0.05, 0.1) is 17.5 Å². The van der Waals surface area contributed by atoms with Gasteiger partial charge in [-0.2, -0.15) is 0 Å². The number of aromatic carboxylic acids is 1. The Morgan fingerprint density at radius 1 is 1.04 bits per heavy atom. The fraction of sp³-hybridized carbons (Fsp3) is 0.105. The molecule has 0 fully saturated rings. The molecule has 116 valence electrons. The molecule has 0 spiro atoms. The van der Waals surface area contributed by atoms with Gasteiger partial charge < -0.3 is 14.8 Å². The van der Waals surface area contributed by atoms with Gasteiger partial charge in [0.1, 0.15) is 5.76 Å². The van der Waals surface area contributed by atoms with E-state index in [1.54, 1.807) is 24.5 Å². The highest BCUT2D eigenvalue weighted by Gasteiger charge is 2.17. The van der Waals surface area contributed by atoms with Crippen molar-refractivity contribution >= 4 is 17.3 Å². The summed E-state index contributed by atoms with van der Waals surface area (Å²) in [5.41, 5.74) is 4.52. The number of hydrogen-bond donors (Lipinski definition) is 2. The number of aryl methyl sites for hydroxylation is 2. The summed E-state index contributed by atoms with van der Waals surface area (Å²) in [6.45, 7) is 4.02. The van der Waals surface area contributed by atoms with Gasteiger partial charge in [0, 0.05) is 11.3 Å². The molecule has 0 atom stereocenters. The lowest BCUT2D eigenvalue weighted by molar-refractivity contribution is 0.0698. The van der Waals surface area contributed by atoms with Gasteiger partial charge in [0.15, 0.2) is 0 Å². The molecule has 0 bridgehead atoms. The highest BCUT2D eigenvalue weighted by atomic mass is 16.4. The number of carbonyl (C=O) groups is 1. The summed E-state index contributed by atoms with van der Waals surface area (Å²) >= 11 is 0. The fourth-order valence-electron chi connectivity index (χ4n) is 2.69. The number of hydrogen-bond acceptors (Lipinski definition) is 3. The third-order valence-corrected chi connectivity index (χ3v) is 3.57. The minimum atomic E-state index is -0.981. The van der Waals surface area contributed by atoms with Crippen LogP contribution in [0.25, 0.3) is 11.3 Å². The second kappa shape index (κ2) is 6.01. The van der Waals surface area contributed by atoms with E-state index in [0.29, 0.717) is 17.0 Å². The average Bonchev–Trinajstić information content (AvgIpc) is 3.00. The molecule has 4 heteroatoms. The van der Waals surface area contributed by atoms with Gasteiger partial charge in [0.2, 0.25) is 0 Å². The lowest BCUT2D eigenvalue weighted by atomic mass is 10.0. The number of para-hydroxylation sites is 1. The van der Waals surface area contributed by atoms with E-state index < -0.39 is 5.97 Å². The lowest BCUT2D eigenvalue weighted by Gasteiger charge is -2.15. The Kier molecular flexibility index (Phi) is 3.89. The van der Waals surface area contributed by atoms with E-state index >= 15 is 0 Å². The summed E-state index contributed by atoms with van der Waals surface area (Å²) in [6, 6.07) is 14.8. The van der Waals surface area contributed by atoms with Crippen molar-refractivity contribution in [2.45, 2.75) is 13.8 Å². The van der Waals surface area contributed by atoms with Gasteiger partial charge >= 0.3 is 5.97 Å². The van der Waals surface area contributed by atoms with E-state index in [1.807, 2.05) is 38.1 Å². The number of carboxylic acid groups (broad SMARTS) is 1. The quantitative estimate of drug-likeness (QED) is 0.711. The maximum atomic E-state index is 11.6. The number of nitrogens with one attached hydrogen (secondary N) is 1. The van der Waals surface area contributed by atoms with Gasteiger partial charge in [-0.3, -0.25) is 0 Å². The average molecular weight is 307 g/mol. The first-order valence-electron chi connectivity index (χ1n) is 7.30. The highest BCUT2D eigenvalue weighted by molar-refractivity contribution is 5.99. The molecule has 4 nitrogen and oxygen atoms in total. The Labute approximate surface area is 134 Å². The summed E-state index contributed by atoms with van der Waals surface area (Å²) < 4.78 is 5.45. The molecule has 0 saturated heterocycles. The minimum Gasteiger partial charge on any atom is -0.478 e. The molecule has 0 unspecified atom stereocenters. The van der Waals surface area contributed by atoms with Crippen LogP contribution in [0, 0.1) is 13.8 Å². The van der Waals surface area contributed by atoms with Crippen LogP contribution >= 0.6 is 0 Å². The zero-order chi connectivity index (χ0) is 16.4. The third kappa shape index (κ3) is 3.11. The Hall–Kier alpha value is -3.01. The normalized spacial score (nSPS) is 10.5. The zero-order valence-corrected chi connectivity index (χ0v) is 13.0. The van der Waals surface area contributed by atoms with Crippen molar-refractivity contribution in [2.75, 3.05) is 5.32 Å². The van der Waals surface area contributed by atoms with Crippen LogP contribution in [-0.4, -0.2) is 11.1 Å². The van der Waals surface area contributed by atoms with Crippen molar-refractivity contribution < 1.29 is 14.3 Å². The second-order valence-electron chi connectivity index (χ2n) is 5.51. The maximum absolute atomic E-state index is 11.6. The Morgan fingerprint density at radius 3 is 2.39 bits per heavy atom. The predicted octanol–water partition coefficient (Wildman–Crippen LogP) is 5.01. The molecule has 23 heavy (non-hydrogen) atoms. The molecule has 0 aliphatic heterocycles. The first kappa shape index (κ1) is 14.9. The van der Waals surface area contributed by atoms with E-state index in [2.05, 4.69) is 11.4 Å². The molecule has 0 saturated carbocycles. The number of benzene rings is 2. The Morgan fingerprint density at radius 2 is 1.78 bits per heavy atom. The summed E-state index contributed by atoms with van der Waals surface area (Å²) in [4.78, 5) is 11.6. The van der Waals surface area contributed by atoms with E-state index in [4.69, 9.17) is 4.42 Å². The molecule has 3 aromatic rings. The number of furan rings is 1. The number of rotatable bonds is 4. The summed E-state index contributed by atoms with van der Waals surface area (Å²) in [5.74, 6) is -0.356. The van der Waals surface area contributed by atoms with E-state index in [1.165, 1.54) is 0 Å². The van der Waals surface area contributed by atoms with Crippen LogP contribution < -0.4 is 5.32 Å². The van der Waals surface area contributed by atoms with Gasteiger partial charge in [-0.05, 0) is 61.4 Å². The van der Waals surface area contributed by atoms with Crippen molar-refractivity contribution in [3.63, 3.8) is 0 Å². The molecule has 0 radical (unpaired) electrons. The molecular weight excluding hydrogens is 290 g/mol. The van der Waals surface area contributed by atoms with Crippen molar-refractivity contribution in [2.24, 2.45) is 0 Å². The van der Waals surface area contributed by atoms with Gasteiger partial charge in [-0.15, -0.1) is 0 Å². The topological polar surface area (TPSA) is 62.5 Å². The van der Waals surface area contributed by atoms with E-state index in [-0.39, 0.29) is 5.56 Å². The van der Waals surface area contributed by atoms with Crippen LogP contribution in [-0.2, 0) is 0 Å². The van der Waals surface area contributed by atoms with Crippen molar-refractivity contribution in [1.29, 1.82) is 0 Å². The SMILES string of the molecule is Cc1cc(C)cc(Nc2c(C(=O)O)cccc2-c2ccco2)c1. The predicted molar refractivity (Wildman–Crippen MR) is 90.3 cm³/mol. The Balaban J connectivity index is 2.14. The minimum absolute atomic E-state index is 0.207.